The van der Waals surface area contributed by atoms with E-state index in [4.69, 9.17) is 16.3 Å². The quantitative estimate of drug-likeness (QED) is 0.844. The fourth-order valence-electron chi connectivity index (χ4n) is 1.47. The zero-order valence-corrected chi connectivity index (χ0v) is 12.6. The van der Waals surface area contributed by atoms with Gasteiger partial charge in [0.2, 0.25) is 5.91 Å². The first kappa shape index (κ1) is 15.6. The highest BCUT2D eigenvalue weighted by Gasteiger charge is 2.17. The summed E-state index contributed by atoms with van der Waals surface area (Å²) in [5.74, 6) is 0.572. The second-order valence-electron chi connectivity index (χ2n) is 4.99. The molecule has 0 aliphatic rings. The minimum absolute atomic E-state index is 0.0428. The van der Waals surface area contributed by atoms with Crippen LogP contribution in [0.25, 0.3) is 0 Å². The van der Waals surface area contributed by atoms with Crippen LogP contribution >= 0.6 is 11.6 Å². The van der Waals surface area contributed by atoms with Gasteiger partial charge in [-0.25, -0.2) is 0 Å². The molecular weight excluding hydrogens is 264 g/mol. The molecule has 0 atom stereocenters. The third kappa shape index (κ3) is 4.99. The molecule has 1 aromatic rings. The summed E-state index contributed by atoms with van der Waals surface area (Å²) in [5.41, 5.74) is 0.603. The van der Waals surface area contributed by atoms with E-state index in [9.17, 15) is 4.79 Å². The predicted octanol–water partition coefficient (Wildman–Crippen LogP) is 3.07. The summed E-state index contributed by atoms with van der Waals surface area (Å²) < 4.78 is 5.07. The molecular formula is C14H21ClN2O2. The molecule has 106 valence electrons. The minimum atomic E-state index is -0.184. The summed E-state index contributed by atoms with van der Waals surface area (Å²) in [6.45, 7) is 6.24. The first-order chi connectivity index (χ1) is 8.88. The summed E-state index contributed by atoms with van der Waals surface area (Å²) in [6, 6.07) is 5.32. The van der Waals surface area contributed by atoms with Crippen LogP contribution in [0.4, 0.5) is 5.69 Å². The Hall–Kier alpha value is -1.42. The maximum atomic E-state index is 11.8. The van der Waals surface area contributed by atoms with E-state index in [0.29, 0.717) is 10.8 Å². The van der Waals surface area contributed by atoms with Crippen molar-refractivity contribution in [1.82, 2.24) is 5.32 Å². The Labute approximate surface area is 119 Å². The molecule has 2 N–H and O–H groups in total. The average molecular weight is 285 g/mol. The molecule has 1 aromatic carbocycles. The molecule has 0 aromatic heterocycles. The van der Waals surface area contributed by atoms with E-state index in [2.05, 4.69) is 10.6 Å². The number of rotatable bonds is 6. The molecule has 0 aliphatic carbocycles. The summed E-state index contributed by atoms with van der Waals surface area (Å²) >= 11 is 6.01. The molecule has 0 saturated carbocycles. The van der Waals surface area contributed by atoms with Crippen molar-refractivity contribution in [3.63, 3.8) is 0 Å². The highest BCUT2D eigenvalue weighted by Crippen LogP contribution is 2.26. The number of ether oxygens (including phenoxy) is 1. The molecule has 0 fully saturated rings. The fourth-order valence-corrected chi connectivity index (χ4v) is 1.73. The van der Waals surface area contributed by atoms with E-state index in [1.165, 1.54) is 0 Å². The van der Waals surface area contributed by atoms with Gasteiger partial charge in [-0.2, -0.15) is 0 Å². The van der Waals surface area contributed by atoms with Gasteiger partial charge in [0.15, 0.2) is 0 Å². The van der Waals surface area contributed by atoms with Crippen molar-refractivity contribution in [2.45, 2.75) is 32.7 Å². The number of hydrogen-bond donors (Lipinski definition) is 2. The van der Waals surface area contributed by atoms with Crippen LogP contribution in [0.1, 0.15) is 27.2 Å². The van der Waals surface area contributed by atoms with Crippen LogP contribution in [0.5, 0.6) is 5.75 Å². The van der Waals surface area contributed by atoms with Crippen LogP contribution in [0.2, 0.25) is 5.02 Å². The Balaban J connectivity index is 2.53. The summed E-state index contributed by atoms with van der Waals surface area (Å²) in [5, 5.41) is 6.50. The molecule has 0 heterocycles. The molecule has 19 heavy (non-hydrogen) atoms. The third-order valence-electron chi connectivity index (χ3n) is 2.97. The monoisotopic (exact) mass is 284 g/mol. The lowest BCUT2D eigenvalue weighted by Crippen LogP contribution is -2.45. The van der Waals surface area contributed by atoms with Gasteiger partial charge in [0.05, 0.1) is 18.7 Å². The molecule has 0 unspecified atom stereocenters. The predicted molar refractivity (Wildman–Crippen MR) is 79.0 cm³/mol. The number of anilines is 1. The van der Waals surface area contributed by atoms with Gasteiger partial charge >= 0.3 is 0 Å². The third-order valence-corrected chi connectivity index (χ3v) is 3.26. The van der Waals surface area contributed by atoms with Crippen molar-refractivity contribution < 1.29 is 9.53 Å². The van der Waals surface area contributed by atoms with Crippen molar-refractivity contribution in [2.24, 2.45) is 0 Å². The van der Waals surface area contributed by atoms with Crippen LogP contribution in [0, 0.1) is 0 Å². The van der Waals surface area contributed by atoms with Crippen molar-refractivity contribution in [2.75, 3.05) is 19.0 Å². The molecule has 0 spiro atoms. The van der Waals surface area contributed by atoms with E-state index in [1.807, 2.05) is 26.8 Å². The van der Waals surface area contributed by atoms with E-state index in [1.54, 1.807) is 19.2 Å². The van der Waals surface area contributed by atoms with E-state index < -0.39 is 0 Å². The smallest absolute Gasteiger partial charge is 0.239 e. The average Bonchev–Trinajstić information content (AvgIpc) is 2.36. The van der Waals surface area contributed by atoms with E-state index in [-0.39, 0.29) is 18.0 Å². The fraction of sp³-hybridized carbons (Fsp3) is 0.500. The lowest BCUT2D eigenvalue weighted by atomic mass is 10.0. The van der Waals surface area contributed by atoms with Crippen LogP contribution < -0.4 is 15.4 Å². The van der Waals surface area contributed by atoms with Gasteiger partial charge in [0.25, 0.3) is 0 Å². The second-order valence-corrected chi connectivity index (χ2v) is 5.40. The molecule has 1 amide bonds. The highest BCUT2D eigenvalue weighted by atomic mass is 35.5. The molecule has 0 saturated heterocycles. The van der Waals surface area contributed by atoms with Crippen LogP contribution in [0.3, 0.4) is 0 Å². The van der Waals surface area contributed by atoms with Gasteiger partial charge < -0.3 is 15.4 Å². The van der Waals surface area contributed by atoms with Gasteiger partial charge in [0, 0.05) is 11.2 Å². The van der Waals surface area contributed by atoms with Gasteiger partial charge in [-0.1, -0.05) is 18.5 Å². The second kappa shape index (κ2) is 6.66. The summed E-state index contributed by atoms with van der Waals surface area (Å²) in [7, 11) is 1.56. The van der Waals surface area contributed by atoms with Gasteiger partial charge in [-0.3, -0.25) is 4.79 Å². The largest absolute Gasteiger partial charge is 0.495 e. The van der Waals surface area contributed by atoms with Gasteiger partial charge in [-0.15, -0.1) is 0 Å². The lowest BCUT2D eigenvalue weighted by molar-refractivity contribution is -0.121. The lowest BCUT2D eigenvalue weighted by Gasteiger charge is -2.24. The molecule has 1 rings (SSSR count). The number of benzene rings is 1. The number of carbonyl (C=O) groups excluding carboxylic acids is 1. The maximum Gasteiger partial charge on any atom is 0.239 e. The standard InChI is InChI=1S/C14H21ClN2O2/c1-5-14(2,3)17-13(18)9-16-10-6-7-12(19-4)11(15)8-10/h6-8,16H,5,9H2,1-4H3,(H,17,18). The summed E-state index contributed by atoms with van der Waals surface area (Å²) in [4.78, 5) is 11.8. The zero-order chi connectivity index (χ0) is 14.5. The first-order valence-electron chi connectivity index (χ1n) is 6.26. The molecule has 0 radical (unpaired) electrons. The van der Waals surface area contributed by atoms with E-state index in [0.717, 1.165) is 12.1 Å². The number of methoxy groups -OCH3 is 1. The van der Waals surface area contributed by atoms with Crippen molar-refractivity contribution in [3.8, 4) is 5.75 Å². The summed E-state index contributed by atoms with van der Waals surface area (Å²) in [6.07, 6.45) is 0.882. The molecule has 5 heteroatoms. The minimum Gasteiger partial charge on any atom is -0.495 e. The highest BCUT2D eigenvalue weighted by molar-refractivity contribution is 6.32. The number of amides is 1. The van der Waals surface area contributed by atoms with Crippen LogP contribution in [-0.4, -0.2) is 25.1 Å². The number of halogens is 1. The maximum absolute atomic E-state index is 11.8. The van der Waals surface area contributed by atoms with Crippen molar-refractivity contribution in [1.29, 1.82) is 0 Å². The SMILES string of the molecule is CCC(C)(C)NC(=O)CNc1ccc(OC)c(Cl)c1. The number of carbonyl (C=O) groups is 1. The Morgan fingerprint density at radius 2 is 2.11 bits per heavy atom. The van der Waals surface area contributed by atoms with Gasteiger partial charge in [0.1, 0.15) is 5.75 Å². The topological polar surface area (TPSA) is 50.4 Å². The molecule has 0 bridgehead atoms. The normalized spacial score (nSPS) is 11.0. The van der Waals surface area contributed by atoms with E-state index >= 15 is 0 Å². The Bertz CT molecular complexity index is 447. The van der Waals surface area contributed by atoms with Gasteiger partial charge in [-0.05, 0) is 38.5 Å². The molecule has 4 nitrogen and oxygen atoms in total. The number of hydrogen-bond acceptors (Lipinski definition) is 3. The zero-order valence-electron chi connectivity index (χ0n) is 11.8. The van der Waals surface area contributed by atoms with Crippen molar-refractivity contribution in [3.05, 3.63) is 23.2 Å². The first-order valence-corrected chi connectivity index (χ1v) is 6.64. The van der Waals surface area contributed by atoms with Crippen LogP contribution in [-0.2, 0) is 4.79 Å². The molecule has 0 aliphatic heterocycles. The van der Waals surface area contributed by atoms with Crippen LogP contribution in [0.15, 0.2) is 18.2 Å². The Morgan fingerprint density at radius 1 is 1.42 bits per heavy atom. The Kier molecular flexibility index (Phi) is 5.48. The van der Waals surface area contributed by atoms with Crippen molar-refractivity contribution >= 4 is 23.2 Å². The number of nitrogens with one attached hydrogen (secondary N) is 2. The Morgan fingerprint density at radius 3 is 2.63 bits per heavy atom.